The maximum atomic E-state index is 13.6. The monoisotopic (exact) mass is 439 g/mol. The molecule has 1 unspecified atom stereocenters. The van der Waals surface area contributed by atoms with E-state index >= 15 is 0 Å². The van der Waals surface area contributed by atoms with Gasteiger partial charge in [0.1, 0.15) is 6.61 Å². The van der Waals surface area contributed by atoms with Gasteiger partial charge in [0.25, 0.3) is 0 Å². The van der Waals surface area contributed by atoms with Crippen LogP contribution in [0, 0.1) is 0 Å². The van der Waals surface area contributed by atoms with Gasteiger partial charge in [0.15, 0.2) is 5.78 Å². The van der Waals surface area contributed by atoms with E-state index < -0.39 is 19.5 Å². The van der Waals surface area contributed by atoms with Gasteiger partial charge in [0, 0.05) is 5.02 Å². The Morgan fingerprint density at radius 1 is 1.00 bits per heavy atom. The van der Waals surface area contributed by atoms with E-state index in [1.54, 1.807) is 24.3 Å². The van der Waals surface area contributed by atoms with Crippen LogP contribution < -0.4 is 5.32 Å². The first-order chi connectivity index (χ1) is 14.0. The summed E-state index contributed by atoms with van der Waals surface area (Å²) in [5.74, 6) is -1.01. The molecule has 0 aliphatic rings. The number of rotatable bonds is 11. The maximum absolute atomic E-state index is 13.6. The molecule has 0 saturated heterocycles. The van der Waals surface area contributed by atoms with Gasteiger partial charge in [-0.25, -0.2) is 4.79 Å². The molecule has 0 saturated carbocycles. The summed E-state index contributed by atoms with van der Waals surface area (Å²) in [4.78, 5) is 12.5. The molecule has 1 atom stereocenters. The first-order valence-electron chi connectivity index (χ1n) is 9.60. The highest BCUT2D eigenvalue weighted by Gasteiger charge is 2.39. The molecule has 0 aromatic heterocycles. The number of benzene rings is 2. The molecule has 0 heterocycles. The molecule has 0 aliphatic heterocycles. The number of amides is 1. The Morgan fingerprint density at radius 2 is 1.59 bits per heavy atom. The highest BCUT2D eigenvalue weighted by Crippen LogP contribution is 2.59. The average molecular weight is 440 g/mol. The second-order valence-electron chi connectivity index (χ2n) is 6.37. The lowest BCUT2D eigenvalue weighted by Gasteiger charge is -2.27. The minimum atomic E-state index is -3.70. The molecule has 1 N–H and O–H groups in total. The van der Waals surface area contributed by atoms with Crippen molar-refractivity contribution in [2.75, 3.05) is 13.2 Å². The van der Waals surface area contributed by atoms with Gasteiger partial charge in [-0.15, -0.1) is 0 Å². The molecule has 29 heavy (non-hydrogen) atoms. The van der Waals surface area contributed by atoms with Crippen LogP contribution in [0.3, 0.4) is 0 Å². The zero-order valence-electron chi connectivity index (χ0n) is 16.7. The van der Waals surface area contributed by atoms with E-state index in [0.29, 0.717) is 23.4 Å². The summed E-state index contributed by atoms with van der Waals surface area (Å²) in [7, 11) is -3.70. The van der Waals surface area contributed by atoms with E-state index in [0.717, 1.165) is 5.56 Å². The third-order valence-electron chi connectivity index (χ3n) is 3.92. The zero-order chi connectivity index (χ0) is 21.1. The van der Waals surface area contributed by atoms with Gasteiger partial charge in [0.05, 0.1) is 13.2 Å². The Bertz CT molecular complexity index is 788. The molecule has 2 aromatic carbocycles. The molecule has 0 radical (unpaired) electrons. The largest absolute Gasteiger partial charge is 0.445 e. The fourth-order valence-corrected chi connectivity index (χ4v) is 4.66. The normalized spacial score (nSPS) is 12.4. The number of ether oxygens (including phenoxy) is 1. The first-order valence-corrected chi connectivity index (χ1v) is 11.6. The van der Waals surface area contributed by atoms with Gasteiger partial charge in [-0.05, 0) is 36.1 Å². The SMILES string of the molecule is CCCOP(=O)(OCCC)C(NC(=O)OCc1ccccc1)c1ccc(Cl)cc1. The number of carbonyl (C=O) groups excluding carboxylic acids is 1. The predicted octanol–water partition coefficient (Wildman–Crippen LogP) is 6.31. The minimum Gasteiger partial charge on any atom is -0.445 e. The summed E-state index contributed by atoms with van der Waals surface area (Å²) in [6.45, 7) is 4.39. The topological polar surface area (TPSA) is 73.9 Å². The van der Waals surface area contributed by atoms with E-state index in [-0.39, 0.29) is 19.8 Å². The lowest BCUT2D eigenvalue weighted by Crippen LogP contribution is -2.30. The number of nitrogens with one attached hydrogen (secondary N) is 1. The molecule has 0 bridgehead atoms. The average Bonchev–Trinajstić information content (AvgIpc) is 2.74. The van der Waals surface area contributed by atoms with Crippen molar-refractivity contribution >= 4 is 25.3 Å². The van der Waals surface area contributed by atoms with E-state index in [4.69, 9.17) is 25.4 Å². The quantitative estimate of drug-likeness (QED) is 0.415. The van der Waals surface area contributed by atoms with E-state index in [2.05, 4.69) is 5.32 Å². The number of alkyl carbamates (subject to hydrolysis) is 1. The fourth-order valence-electron chi connectivity index (χ4n) is 2.49. The van der Waals surface area contributed by atoms with Gasteiger partial charge in [-0.2, -0.15) is 0 Å². The summed E-state index contributed by atoms with van der Waals surface area (Å²) in [6.07, 6.45) is 0.602. The van der Waals surface area contributed by atoms with Gasteiger partial charge in [-0.3, -0.25) is 4.57 Å². The molecule has 8 heteroatoms. The third-order valence-corrected chi connectivity index (χ3v) is 6.32. The zero-order valence-corrected chi connectivity index (χ0v) is 18.3. The van der Waals surface area contributed by atoms with Gasteiger partial charge in [-0.1, -0.05) is 67.9 Å². The van der Waals surface area contributed by atoms with Crippen LogP contribution >= 0.6 is 19.2 Å². The number of hydrogen-bond acceptors (Lipinski definition) is 5. The molecule has 6 nitrogen and oxygen atoms in total. The van der Waals surface area contributed by atoms with Crippen molar-refractivity contribution in [1.82, 2.24) is 5.32 Å². The van der Waals surface area contributed by atoms with Crippen molar-refractivity contribution in [3.05, 3.63) is 70.7 Å². The van der Waals surface area contributed by atoms with Crippen molar-refractivity contribution in [2.45, 2.75) is 39.1 Å². The molecule has 2 aromatic rings. The summed E-state index contributed by atoms with van der Waals surface area (Å²) < 4.78 is 30.1. The molecular formula is C21H27ClNO5P. The first kappa shape index (κ1) is 23.4. The van der Waals surface area contributed by atoms with Crippen LogP contribution in [0.5, 0.6) is 0 Å². The van der Waals surface area contributed by atoms with Crippen LogP contribution in [0.25, 0.3) is 0 Å². The van der Waals surface area contributed by atoms with Crippen LogP contribution in [0.2, 0.25) is 5.02 Å². The smallest absolute Gasteiger partial charge is 0.408 e. The molecular weight excluding hydrogens is 413 g/mol. The summed E-state index contributed by atoms with van der Waals surface area (Å²) >= 11 is 5.98. The van der Waals surface area contributed by atoms with E-state index in [9.17, 15) is 9.36 Å². The molecule has 0 spiro atoms. The summed E-state index contributed by atoms with van der Waals surface area (Å²) in [5, 5.41) is 3.19. The van der Waals surface area contributed by atoms with Gasteiger partial charge >= 0.3 is 13.7 Å². The second-order valence-corrected chi connectivity index (χ2v) is 8.92. The number of hydrogen-bond donors (Lipinski definition) is 1. The van der Waals surface area contributed by atoms with Crippen LogP contribution in [-0.4, -0.2) is 19.3 Å². The lowest BCUT2D eigenvalue weighted by atomic mass is 10.2. The van der Waals surface area contributed by atoms with Crippen molar-refractivity contribution in [3.63, 3.8) is 0 Å². The number of carbonyl (C=O) groups is 1. The van der Waals surface area contributed by atoms with Gasteiger partial charge in [0.2, 0.25) is 0 Å². The molecule has 0 fully saturated rings. The summed E-state index contributed by atoms with van der Waals surface area (Å²) in [6, 6.07) is 16.0. The van der Waals surface area contributed by atoms with Crippen molar-refractivity contribution in [2.24, 2.45) is 0 Å². The standard InChI is InChI=1S/C21H27ClNO5P/c1-3-14-27-29(25,28-15-4-2)20(18-10-12-19(22)13-11-18)23-21(24)26-16-17-8-6-5-7-9-17/h5-13,20H,3-4,14-16H2,1-2H3,(H,23,24). The Hall–Kier alpha value is -1.85. The fraction of sp³-hybridized carbons (Fsp3) is 0.381. The Balaban J connectivity index is 2.21. The molecule has 158 valence electrons. The third kappa shape index (κ3) is 7.48. The van der Waals surface area contributed by atoms with Crippen LogP contribution in [-0.2, 0) is 25.0 Å². The lowest BCUT2D eigenvalue weighted by molar-refractivity contribution is 0.134. The highest BCUT2D eigenvalue weighted by atomic mass is 35.5. The van der Waals surface area contributed by atoms with Crippen molar-refractivity contribution < 1.29 is 23.1 Å². The van der Waals surface area contributed by atoms with Crippen molar-refractivity contribution in [1.29, 1.82) is 0 Å². The Kier molecular flexibility index (Phi) is 9.68. The van der Waals surface area contributed by atoms with Crippen LogP contribution in [0.1, 0.15) is 43.6 Å². The van der Waals surface area contributed by atoms with E-state index in [1.165, 1.54) is 0 Å². The number of halogens is 1. The Morgan fingerprint density at radius 3 is 2.14 bits per heavy atom. The summed E-state index contributed by atoms with van der Waals surface area (Å²) in [5.41, 5.74) is 1.40. The van der Waals surface area contributed by atoms with Crippen LogP contribution in [0.15, 0.2) is 54.6 Å². The van der Waals surface area contributed by atoms with Gasteiger partial charge < -0.3 is 19.1 Å². The molecule has 0 aliphatic carbocycles. The predicted molar refractivity (Wildman–Crippen MR) is 114 cm³/mol. The van der Waals surface area contributed by atoms with Crippen LogP contribution in [0.4, 0.5) is 4.79 Å². The Labute approximate surface area is 177 Å². The molecule has 2 rings (SSSR count). The van der Waals surface area contributed by atoms with Crippen molar-refractivity contribution in [3.8, 4) is 0 Å². The maximum Gasteiger partial charge on any atom is 0.408 e. The van der Waals surface area contributed by atoms with E-state index in [1.807, 2.05) is 44.2 Å². The molecule has 1 amide bonds. The minimum absolute atomic E-state index is 0.0932. The second kappa shape index (κ2) is 12.0. The highest BCUT2D eigenvalue weighted by molar-refractivity contribution is 7.54.